The third-order valence-electron chi connectivity index (χ3n) is 10.3. The van der Waals surface area contributed by atoms with E-state index in [1.807, 2.05) is 0 Å². The van der Waals surface area contributed by atoms with Gasteiger partial charge in [-0.25, -0.2) is 0 Å². The molecule has 10 rings (SSSR count). The molecule has 0 saturated carbocycles. The highest BCUT2D eigenvalue weighted by atomic mass is 15.0. The summed E-state index contributed by atoms with van der Waals surface area (Å²) in [5.74, 6) is 0. The molecule has 1 nitrogen and oxygen atoms in total. The lowest BCUT2D eigenvalue weighted by atomic mass is 9.27. The van der Waals surface area contributed by atoms with Gasteiger partial charge in [0.1, 0.15) is 0 Å². The fraction of sp³-hybridized carbons (Fsp3) is 0.0769. The lowest BCUT2D eigenvalue weighted by molar-refractivity contribution is 0.747. The molecule has 2 heteroatoms. The Balaban J connectivity index is 1.49. The van der Waals surface area contributed by atoms with Gasteiger partial charge in [-0.3, -0.25) is 0 Å². The van der Waals surface area contributed by atoms with Crippen LogP contribution in [-0.4, -0.2) is 11.3 Å². The zero-order valence-corrected chi connectivity index (χ0v) is 22.9. The Morgan fingerprint density at radius 2 is 1.29 bits per heavy atom. The van der Waals surface area contributed by atoms with E-state index in [1.54, 1.807) is 0 Å². The Kier molecular flexibility index (Phi) is 4.00. The van der Waals surface area contributed by atoms with Gasteiger partial charge in [0.2, 0.25) is 6.71 Å². The molecule has 41 heavy (non-hydrogen) atoms. The maximum atomic E-state index is 2.59. The van der Waals surface area contributed by atoms with E-state index >= 15 is 0 Å². The Morgan fingerprint density at radius 3 is 2.07 bits per heavy atom. The number of hydrogen-bond donors (Lipinski definition) is 0. The first-order valence-electron chi connectivity index (χ1n) is 14.7. The van der Waals surface area contributed by atoms with Crippen LogP contribution in [0, 0.1) is 6.92 Å². The normalized spacial score (nSPS) is 15.0. The molecule has 190 valence electrons. The lowest BCUT2D eigenvalue weighted by Crippen LogP contribution is -2.67. The van der Waals surface area contributed by atoms with Gasteiger partial charge in [0.25, 0.3) is 0 Å². The maximum absolute atomic E-state index is 2.59. The fourth-order valence-electron chi connectivity index (χ4n) is 8.83. The monoisotopic (exact) mass is 519 g/mol. The van der Waals surface area contributed by atoms with Crippen LogP contribution in [0.15, 0.2) is 127 Å². The Hall–Kier alpha value is -4.82. The van der Waals surface area contributed by atoms with Gasteiger partial charge in [-0.15, -0.1) is 0 Å². The standard InChI is InChI=1S/C39H26BN/c1-24-19-22-32-36-30(24)23-25-20-21-29-28-15-8-9-17-33(28)41-34-18-10-16-31(37(34)40(36)35(25)38(29)41)39(32,26-11-4-2-5-12-26)27-13-6-3-7-14-27/h2-22H,23H2,1H3. The summed E-state index contributed by atoms with van der Waals surface area (Å²) in [4.78, 5) is 0. The van der Waals surface area contributed by atoms with Crippen molar-refractivity contribution in [1.82, 2.24) is 4.57 Å². The second-order valence-corrected chi connectivity index (χ2v) is 12.0. The molecule has 0 bridgehead atoms. The van der Waals surface area contributed by atoms with Crippen LogP contribution in [0.1, 0.15) is 38.9 Å². The third-order valence-corrected chi connectivity index (χ3v) is 10.3. The minimum Gasteiger partial charge on any atom is -0.310 e. The van der Waals surface area contributed by atoms with Gasteiger partial charge in [-0.05, 0) is 75.3 Å². The van der Waals surface area contributed by atoms with Crippen LogP contribution in [0.5, 0.6) is 0 Å². The predicted octanol–water partition coefficient (Wildman–Crippen LogP) is 6.52. The lowest BCUT2D eigenvalue weighted by Gasteiger charge is -2.48. The molecule has 0 atom stereocenters. The largest absolute Gasteiger partial charge is 0.310 e. The van der Waals surface area contributed by atoms with Crippen molar-refractivity contribution in [3.8, 4) is 5.69 Å². The summed E-state index contributed by atoms with van der Waals surface area (Å²) in [5.41, 5.74) is 18.1. The summed E-state index contributed by atoms with van der Waals surface area (Å²) in [6.45, 7) is 2.54. The van der Waals surface area contributed by atoms with Gasteiger partial charge >= 0.3 is 0 Å². The van der Waals surface area contributed by atoms with E-state index in [0.717, 1.165) is 6.42 Å². The quantitative estimate of drug-likeness (QED) is 0.229. The number of aryl methyl sites for hydroxylation is 1. The zero-order chi connectivity index (χ0) is 26.9. The first-order chi connectivity index (χ1) is 20.3. The Morgan fingerprint density at radius 1 is 0.585 bits per heavy atom. The summed E-state index contributed by atoms with van der Waals surface area (Å²) in [5, 5.41) is 2.71. The third kappa shape index (κ3) is 2.43. The molecule has 3 aliphatic rings. The van der Waals surface area contributed by atoms with Crippen molar-refractivity contribution in [2.75, 3.05) is 0 Å². The van der Waals surface area contributed by atoms with Gasteiger partial charge < -0.3 is 4.57 Å². The molecule has 0 amide bonds. The summed E-state index contributed by atoms with van der Waals surface area (Å²) < 4.78 is 2.59. The van der Waals surface area contributed by atoms with Gasteiger partial charge in [0.05, 0.1) is 10.9 Å². The second-order valence-electron chi connectivity index (χ2n) is 12.0. The molecule has 3 aliphatic heterocycles. The van der Waals surface area contributed by atoms with Crippen LogP contribution < -0.4 is 16.4 Å². The Bertz CT molecular complexity index is 2200. The van der Waals surface area contributed by atoms with E-state index in [-0.39, 0.29) is 6.71 Å². The molecule has 1 aromatic heterocycles. The fourth-order valence-corrected chi connectivity index (χ4v) is 8.83. The molecule has 0 saturated heterocycles. The van der Waals surface area contributed by atoms with Crippen molar-refractivity contribution in [2.45, 2.75) is 18.8 Å². The van der Waals surface area contributed by atoms with Crippen molar-refractivity contribution >= 4 is 44.9 Å². The van der Waals surface area contributed by atoms with Crippen LogP contribution in [0.2, 0.25) is 0 Å². The number of rotatable bonds is 2. The minimum absolute atomic E-state index is 0.232. The smallest absolute Gasteiger partial charge is 0.248 e. The van der Waals surface area contributed by atoms with Crippen LogP contribution in [0.4, 0.5) is 0 Å². The van der Waals surface area contributed by atoms with Crippen LogP contribution in [0.25, 0.3) is 27.5 Å². The average Bonchev–Trinajstić information content (AvgIpc) is 3.38. The van der Waals surface area contributed by atoms with Gasteiger partial charge in [0, 0.05) is 22.0 Å². The number of hydrogen-bond acceptors (Lipinski definition) is 0. The van der Waals surface area contributed by atoms with Crippen LogP contribution >= 0.6 is 0 Å². The number of para-hydroxylation sites is 1. The number of aromatic nitrogens is 1. The SMILES string of the molecule is Cc1ccc2c3c1Cc1ccc4c5ccccc5n5c4c1B3c1c-5cccc1C2(c1ccccc1)c1ccccc1. The first kappa shape index (κ1) is 21.9. The molecule has 0 aliphatic carbocycles. The summed E-state index contributed by atoms with van der Waals surface area (Å²) in [6.07, 6.45) is 0.982. The van der Waals surface area contributed by atoms with Crippen molar-refractivity contribution in [1.29, 1.82) is 0 Å². The van der Waals surface area contributed by atoms with E-state index in [0.29, 0.717) is 0 Å². The number of fused-ring (bicyclic) bond motifs is 4. The average molecular weight is 519 g/mol. The maximum Gasteiger partial charge on any atom is 0.248 e. The second kappa shape index (κ2) is 7.47. The summed E-state index contributed by atoms with van der Waals surface area (Å²) >= 11 is 0. The van der Waals surface area contributed by atoms with Crippen molar-refractivity contribution < 1.29 is 0 Å². The molecular formula is C39H26BN. The van der Waals surface area contributed by atoms with Gasteiger partial charge in [0.15, 0.2) is 0 Å². The Labute approximate surface area is 239 Å². The molecule has 4 heterocycles. The van der Waals surface area contributed by atoms with Crippen molar-refractivity contribution in [2.24, 2.45) is 0 Å². The highest BCUT2D eigenvalue weighted by molar-refractivity contribution is 7.00. The summed E-state index contributed by atoms with van der Waals surface area (Å²) in [6, 6.07) is 48.2. The highest BCUT2D eigenvalue weighted by Crippen LogP contribution is 2.49. The molecule has 7 aromatic rings. The first-order valence-corrected chi connectivity index (χ1v) is 14.7. The number of benzene rings is 6. The topological polar surface area (TPSA) is 4.93 Å². The molecule has 0 N–H and O–H groups in total. The minimum atomic E-state index is -0.409. The van der Waals surface area contributed by atoms with E-state index < -0.39 is 5.41 Å². The van der Waals surface area contributed by atoms with E-state index in [9.17, 15) is 0 Å². The number of nitrogens with zero attached hydrogens (tertiary/aromatic N) is 1. The molecular weight excluding hydrogens is 493 g/mol. The van der Waals surface area contributed by atoms with Crippen LogP contribution in [-0.2, 0) is 11.8 Å². The molecule has 0 radical (unpaired) electrons. The zero-order valence-electron chi connectivity index (χ0n) is 22.9. The molecule has 0 unspecified atom stereocenters. The van der Waals surface area contributed by atoms with E-state index in [2.05, 4.69) is 139 Å². The van der Waals surface area contributed by atoms with Crippen LogP contribution in [0.3, 0.4) is 0 Å². The molecule has 6 aromatic carbocycles. The molecule has 0 fully saturated rings. The van der Waals surface area contributed by atoms with Gasteiger partial charge in [-0.1, -0.05) is 121 Å². The van der Waals surface area contributed by atoms with Crippen molar-refractivity contribution in [3.63, 3.8) is 0 Å². The van der Waals surface area contributed by atoms with E-state index in [1.165, 1.54) is 82.8 Å². The highest BCUT2D eigenvalue weighted by Gasteiger charge is 2.53. The molecule has 0 spiro atoms. The van der Waals surface area contributed by atoms with Crippen molar-refractivity contribution in [3.05, 3.63) is 166 Å². The summed E-state index contributed by atoms with van der Waals surface area (Å²) in [7, 11) is 0. The van der Waals surface area contributed by atoms with Gasteiger partial charge in [-0.2, -0.15) is 0 Å². The predicted molar refractivity (Wildman–Crippen MR) is 171 cm³/mol. The van der Waals surface area contributed by atoms with E-state index in [4.69, 9.17) is 0 Å².